The fourth-order valence-electron chi connectivity index (χ4n) is 1.99. The number of ether oxygens (including phenoxy) is 2. The molecule has 1 amide bonds. The van der Waals surface area contributed by atoms with Crippen LogP contribution in [0.2, 0.25) is 0 Å². The van der Waals surface area contributed by atoms with Crippen molar-refractivity contribution in [3.05, 3.63) is 29.8 Å². The molecule has 0 radical (unpaired) electrons. The number of methoxy groups -OCH3 is 1. The van der Waals surface area contributed by atoms with E-state index < -0.39 is 6.61 Å². The largest absolute Gasteiger partial charge is 0.434 e. The Bertz CT molecular complexity index is 464. The summed E-state index contributed by atoms with van der Waals surface area (Å²) >= 11 is 0. The van der Waals surface area contributed by atoms with Crippen molar-refractivity contribution in [1.82, 2.24) is 10.6 Å². The summed E-state index contributed by atoms with van der Waals surface area (Å²) in [6.07, 6.45) is 0.563. The third-order valence-electron chi connectivity index (χ3n) is 3.02. The number of para-hydroxylation sites is 1. The monoisotopic (exact) mass is 352 g/mol. The highest BCUT2D eigenvalue weighted by Crippen LogP contribution is 2.28. The third-order valence-corrected chi connectivity index (χ3v) is 3.02. The van der Waals surface area contributed by atoms with Gasteiger partial charge in [0.25, 0.3) is 0 Å². The Kier molecular flexibility index (Phi) is 11.3. The molecule has 0 aromatic heterocycles. The summed E-state index contributed by atoms with van der Waals surface area (Å²) in [4.78, 5) is 11.9. The third kappa shape index (κ3) is 8.11. The van der Waals surface area contributed by atoms with E-state index in [1.807, 2.05) is 6.92 Å². The van der Waals surface area contributed by atoms with Crippen molar-refractivity contribution < 1.29 is 23.0 Å². The van der Waals surface area contributed by atoms with E-state index in [-0.39, 0.29) is 36.7 Å². The predicted molar refractivity (Wildman–Crippen MR) is 86.2 cm³/mol. The Balaban J connectivity index is 0.00000484. The zero-order chi connectivity index (χ0) is 16.4. The van der Waals surface area contributed by atoms with E-state index in [1.54, 1.807) is 25.3 Å². The Morgan fingerprint density at radius 1 is 1.30 bits per heavy atom. The summed E-state index contributed by atoms with van der Waals surface area (Å²) in [6, 6.07) is 6.09. The number of carbonyl (C=O) groups is 1. The van der Waals surface area contributed by atoms with Gasteiger partial charge < -0.3 is 20.1 Å². The maximum atomic E-state index is 12.4. The normalized spacial score (nSPS) is 11.7. The molecule has 1 aromatic rings. The van der Waals surface area contributed by atoms with Crippen LogP contribution in [0.1, 0.15) is 24.9 Å². The Morgan fingerprint density at radius 2 is 2.00 bits per heavy atom. The van der Waals surface area contributed by atoms with E-state index in [4.69, 9.17) is 4.74 Å². The van der Waals surface area contributed by atoms with Gasteiger partial charge in [0, 0.05) is 19.2 Å². The van der Waals surface area contributed by atoms with Crippen LogP contribution in [-0.2, 0) is 9.53 Å². The van der Waals surface area contributed by atoms with Gasteiger partial charge in [0.1, 0.15) is 5.75 Å². The summed E-state index contributed by atoms with van der Waals surface area (Å²) in [6.45, 7) is 0.173. The molecule has 0 heterocycles. The molecule has 5 nitrogen and oxygen atoms in total. The first-order valence-corrected chi connectivity index (χ1v) is 7.11. The molecule has 1 atom stereocenters. The van der Waals surface area contributed by atoms with E-state index in [1.165, 1.54) is 6.07 Å². The lowest BCUT2D eigenvalue weighted by atomic mass is 10.0. The van der Waals surface area contributed by atoms with Crippen LogP contribution in [0.5, 0.6) is 5.75 Å². The molecular formula is C15H23ClF2N2O3. The van der Waals surface area contributed by atoms with Crippen LogP contribution in [0.4, 0.5) is 8.78 Å². The summed E-state index contributed by atoms with van der Waals surface area (Å²) in [5.41, 5.74) is 0.538. The van der Waals surface area contributed by atoms with Crippen LogP contribution in [0.15, 0.2) is 24.3 Å². The van der Waals surface area contributed by atoms with Gasteiger partial charge in [-0.05, 0) is 12.5 Å². The minimum absolute atomic E-state index is 0. The highest BCUT2D eigenvalue weighted by molar-refractivity contribution is 5.85. The second kappa shape index (κ2) is 12.0. The maximum absolute atomic E-state index is 12.4. The van der Waals surface area contributed by atoms with Crippen molar-refractivity contribution in [2.75, 3.05) is 26.8 Å². The summed E-state index contributed by atoms with van der Waals surface area (Å²) in [5.74, 6) is -0.133. The molecule has 2 N–H and O–H groups in total. The van der Waals surface area contributed by atoms with Gasteiger partial charge in [0.05, 0.1) is 19.2 Å². The van der Waals surface area contributed by atoms with Gasteiger partial charge >= 0.3 is 6.61 Å². The van der Waals surface area contributed by atoms with Crippen molar-refractivity contribution >= 4 is 18.3 Å². The lowest BCUT2D eigenvalue weighted by molar-refractivity contribution is -0.121. The zero-order valence-electron chi connectivity index (χ0n) is 13.2. The molecule has 8 heteroatoms. The molecule has 23 heavy (non-hydrogen) atoms. The van der Waals surface area contributed by atoms with Gasteiger partial charge in [-0.25, -0.2) is 0 Å². The highest BCUT2D eigenvalue weighted by Gasteiger charge is 2.18. The topological polar surface area (TPSA) is 59.6 Å². The highest BCUT2D eigenvalue weighted by atomic mass is 35.5. The first-order chi connectivity index (χ1) is 10.6. The number of amides is 1. The van der Waals surface area contributed by atoms with Crippen LogP contribution < -0.4 is 15.4 Å². The molecule has 1 aromatic carbocycles. The second-order valence-electron chi connectivity index (χ2n) is 4.61. The van der Waals surface area contributed by atoms with Gasteiger partial charge in [-0.15, -0.1) is 12.4 Å². The molecule has 0 aliphatic rings. The number of hydrogen-bond donors (Lipinski definition) is 2. The van der Waals surface area contributed by atoms with Crippen molar-refractivity contribution in [2.45, 2.75) is 26.0 Å². The van der Waals surface area contributed by atoms with Crippen molar-refractivity contribution in [2.24, 2.45) is 0 Å². The fraction of sp³-hybridized carbons (Fsp3) is 0.533. The van der Waals surface area contributed by atoms with E-state index in [2.05, 4.69) is 15.4 Å². The van der Waals surface area contributed by atoms with Gasteiger partial charge in [-0.2, -0.15) is 8.78 Å². The summed E-state index contributed by atoms with van der Waals surface area (Å²) in [5, 5.41) is 5.73. The number of benzene rings is 1. The minimum atomic E-state index is -2.90. The molecule has 0 aliphatic carbocycles. The van der Waals surface area contributed by atoms with Gasteiger partial charge in [0.15, 0.2) is 0 Å². The molecule has 0 saturated heterocycles. The predicted octanol–water partition coefficient (Wildman–Crippen LogP) is 2.51. The molecular weight excluding hydrogens is 330 g/mol. The second-order valence-corrected chi connectivity index (χ2v) is 4.61. The van der Waals surface area contributed by atoms with E-state index in [0.717, 1.165) is 0 Å². The molecule has 132 valence electrons. The van der Waals surface area contributed by atoms with E-state index in [0.29, 0.717) is 25.1 Å². The molecule has 1 unspecified atom stereocenters. The van der Waals surface area contributed by atoms with Crippen LogP contribution in [0.3, 0.4) is 0 Å². The number of hydrogen-bond acceptors (Lipinski definition) is 4. The smallest absolute Gasteiger partial charge is 0.387 e. The van der Waals surface area contributed by atoms with Crippen LogP contribution >= 0.6 is 12.4 Å². The summed E-state index contributed by atoms with van der Waals surface area (Å²) in [7, 11) is 1.58. The van der Waals surface area contributed by atoms with E-state index >= 15 is 0 Å². The molecule has 0 spiro atoms. The van der Waals surface area contributed by atoms with Gasteiger partial charge in [0.2, 0.25) is 5.91 Å². The Labute approximate surface area is 141 Å². The number of alkyl halides is 2. The van der Waals surface area contributed by atoms with Crippen LogP contribution in [0.25, 0.3) is 0 Å². The van der Waals surface area contributed by atoms with Crippen LogP contribution in [-0.4, -0.2) is 39.3 Å². The average molecular weight is 353 g/mol. The number of nitrogens with one attached hydrogen (secondary N) is 2. The van der Waals surface area contributed by atoms with Crippen molar-refractivity contribution in [3.63, 3.8) is 0 Å². The SMILES string of the molecule is CCC(NC(=O)CNCCOC)c1ccccc1OC(F)F.Cl. The Morgan fingerprint density at radius 3 is 2.61 bits per heavy atom. The van der Waals surface area contributed by atoms with Gasteiger partial charge in [-0.3, -0.25) is 4.79 Å². The first-order valence-electron chi connectivity index (χ1n) is 7.11. The Hall–Kier alpha value is -1.44. The van der Waals surface area contributed by atoms with Crippen molar-refractivity contribution in [3.8, 4) is 5.75 Å². The number of carbonyl (C=O) groups excluding carboxylic acids is 1. The average Bonchev–Trinajstić information content (AvgIpc) is 2.49. The number of halogens is 3. The summed E-state index contributed by atoms with van der Waals surface area (Å²) < 4.78 is 34.2. The van der Waals surface area contributed by atoms with Crippen molar-refractivity contribution in [1.29, 1.82) is 0 Å². The van der Waals surface area contributed by atoms with E-state index in [9.17, 15) is 13.6 Å². The molecule has 0 saturated carbocycles. The fourth-order valence-corrected chi connectivity index (χ4v) is 1.99. The standard InChI is InChI=1S/C15H22F2N2O3.ClH/c1-3-12(19-14(20)10-18-8-9-21-2)11-6-4-5-7-13(11)22-15(16)17;/h4-7,12,15,18H,3,8-10H2,1-2H3,(H,19,20);1H. The quantitative estimate of drug-likeness (QED) is 0.635. The molecule has 0 bridgehead atoms. The maximum Gasteiger partial charge on any atom is 0.387 e. The lowest BCUT2D eigenvalue weighted by Crippen LogP contribution is -2.37. The zero-order valence-corrected chi connectivity index (χ0v) is 14.0. The molecule has 1 rings (SSSR count). The molecule has 0 fully saturated rings. The lowest BCUT2D eigenvalue weighted by Gasteiger charge is -2.20. The molecule has 0 aliphatic heterocycles. The van der Waals surface area contributed by atoms with Crippen LogP contribution in [0, 0.1) is 0 Å². The number of rotatable bonds is 10. The van der Waals surface area contributed by atoms with Gasteiger partial charge in [-0.1, -0.05) is 25.1 Å². The first kappa shape index (κ1) is 21.6. The minimum Gasteiger partial charge on any atom is -0.434 e.